The largest absolute Gasteiger partial charge is 0.466 e. The van der Waals surface area contributed by atoms with Crippen molar-refractivity contribution in [1.82, 2.24) is 14.6 Å². The zero-order valence-corrected chi connectivity index (χ0v) is 11.1. The molecule has 19 heavy (non-hydrogen) atoms. The lowest BCUT2D eigenvalue weighted by Crippen LogP contribution is -2.38. The van der Waals surface area contributed by atoms with Gasteiger partial charge in [-0.05, 0) is 12.0 Å². The Balaban J connectivity index is 1.99. The summed E-state index contributed by atoms with van der Waals surface area (Å²) >= 11 is 0. The molecule has 0 saturated carbocycles. The molecule has 0 spiro atoms. The van der Waals surface area contributed by atoms with E-state index in [1.54, 1.807) is 24.0 Å². The van der Waals surface area contributed by atoms with Crippen LogP contribution in [0.3, 0.4) is 0 Å². The van der Waals surface area contributed by atoms with E-state index in [9.17, 15) is 4.79 Å². The summed E-state index contributed by atoms with van der Waals surface area (Å²) in [4.78, 5) is 15.5. The van der Waals surface area contributed by atoms with Crippen molar-refractivity contribution in [3.8, 4) is 11.4 Å². The van der Waals surface area contributed by atoms with Crippen LogP contribution >= 0.6 is 0 Å². The molecule has 2 rings (SSSR count). The van der Waals surface area contributed by atoms with Gasteiger partial charge in [-0.3, -0.25) is 4.79 Å². The Morgan fingerprint density at radius 3 is 2.95 bits per heavy atom. The van der Waals surface area contributed by atoms with Crippen molar-refractivity contribution in [2.75, 3.05) is 6.61 Å². The van der Waals surface area contributed by atoms with Gasteiger partial charge in [0.05, 0.1) is 6.61 Å². The fraction of sp³-hybridized carbons (Fsp3) is 0.385. The Morgan fingerprint density at radius 1 is 1.53 bits per heavy atom. The fourth-order valence-electron chi connectivity index (χ4n) is 1.73. The van der Waals surface area contributed by atoms with Crippen molar-refractivity contribution in [3.63, 3.8) is 0 Å². The number of carbonyl (C=O) groups is 1. The Hall–Kier alpha value is -2.24. The summed E-state index contributed by atoms with van der Waals surface area (Å²) in [6, 6.07) is 1.93. The molecule has 0 aliphatic rings. The van der Waals surface area contributed by atoms with E-state index in [0.29, 0.717) is 19.6 Å². The summed E-state index contributed by atoms with van der Waals surface area (Å²) in [7, 11) is 1.93. The predicted octanol–water partition coefficient (Wildman–Crippen LogP) is 0.723. The number of imidazole rings is 1. The van der Waals surface area contributed by atoms with Gasteiger partial charge >= 0.3 is 5.97 Å². The van der Waals surface area contributed by atoms with E-state index >= 15 is 0 Å². The second kappa shape index (κ2) is 6.08. The van der Waals surface area contributed by atoms with Gasteiger partial charge < -0.3 is 9.30 Å². The smallest absolute Gasteiger partial charge is 0.312 e. The van der Waals surface area contributed by atoms with Gasteiger partial charge in [-0.15, -0.1) is 0 Å². The molecule has 0 saturated heterocycles. The lowest BCUT2D eigenvalue weighted by molar-refractivity contribution is -0.752. The highest BCUT2D eigenvalue weighted by Crippen LogP contribution is 2.12. The van der Waals surface area contributed by atoms with Crippen LogP contribution in [0.1, 0.15) is 13.3 Å². The third kappa shape index (κ3) is 3.37. The average molecular weight is 261 g/mol. The highest BCUT2D eigenvalue weighted by Gasteiger charge is 2.10. The summed E-state index contributed by atoms with van der Waals surface area (Å²) in [6.45, 7) is 2.72. The molecular weight excluding hydrogens is 244 g/mol. The number of aromatic nitrogens is 4. The SMILES string of the molecule is CCOC(=O)CC[n+]1ccc(-c2nccn2C)cn1. The summed E-state index contributed by atoms with van der Waals surface area (Å²) < 4.78 is 8.51. The van der Waals surface area contributed by atoms with E-state index in [1.807, 2.05) is 30.1 Å². The molecule has 0 atom stereocenters. The van der Waals surface area contributed by atoms with Crippen molar-refractivity contribution >= 4 is 5.97 Å². The van der Waals surface area contributed by atoms with Crippen molar-refractivity contribution in [3.05, 3.63) is 30.9 Å². The molecule has 0 aliphatic carbocycles. The zero-order valence-electron chi connectivity index (χ0n) is 11.1. The summed E-state index contributed by atoms with van der Waals surface area (Å²) in [5, 5.41) is 4.26. The molecule has 0 amide bonds. The van der Waals surface area contributed by atoms with Gasteiger partial charge in [0, 0.05) is 31.1 Å². The molecule has 0 N–H and O–H groups in total. The van der Waals surface area contributed by atoms with Gasteiger partial charge in [0.15, 0.2) is 12.7 Å². The van der Waals surface area contributed by atoms with Crippen molar-refractivity contribution in [2.45, 2.75) is 19.9 Å². The first kappa shape index (κ1) is 13.2. The zero-order chi connectivity index (χ0) is 13.7. The highest BCUT2D eigenvalue weighted by molar-refractivity contribution is 5.68. The number of hydrogen-bond acceptors (Lipinski definition) is 4. The third-order valence-corrected chi connectivity index (χ3v) is 2.70. The maximum absolute atomic E-state index is 11.2. The molecule has 0 fully saturated rings. The van der Waals surface area contributed by atoms with Crippen molar-refractivity contribution < 1.29 is 14.2 Å². The minimum atomic E-state index is -0.204. The maximum atomic E-state index is 11.2. The number of hydrogen-bond donors (Lipinski definition) is 0. The number of carbonyl (C=O) groups excluding carboxylic acids is 1. The average Bonchev–Trinajstić information content (AvgIpc) is 2.84. The lowest BCUT2D eigenvalue weighted by atomic mass is 10.3. The second-order valence-electron chi connectivity index (χ2n) is 4.10. The Morgan fingerprint density at radius 2 is 2.37 bits per heavy atom. The molecule has 6 nitrogen and oxygen atoms in total. The quantitative estimate of drug-likeness (QED) is 0.588. The number of esters is 1. The van der Waals surface area contributed by atoms with Crippen LogP contribution in [-0.2, 0) is 23.1 Å². The number of ether oxygens (including phenoxy) is 1. The molecule has 0 bridgehead atoms. The topological polar surface area (TPSA) is 60.9 Å². The normalized spacial score (nSPS) is 10.4. The van der Waals surface area contributed by atoms with Gasteiger partial charge in [0.1, 0.15) is 18.4 Å². The molecule has 2 aromatic heterocycles. The Kier molecular flexibility index (Phi) is 4.22. The monoisotopic (exact) mass is 261 g/mol. The van der Waals surface area contributed by atoms with Crippen molar-refractivity contribution in [2.24, 2.45) is 7.05 Å². The number of rotatable bonds is 5. The van der Waals surface area contributed by atoms with Crippen LogP contribution in [0.25, 0.3) is 11.4 Å². The molecule has 0 aliphatic heterocycles. The predicted molar refractivity (Wildman–Crippen MR) is 67.9 cm³/mol. The van der Waals surface area contributed by atoms with Gasteiger partial charge in [-0.2, -0.15) is 0 Å². The minimum Gasteiger partial charge on any atom is -0.466 e. The van der Waals surface area contributed by atoms with Gasteiger partial charge in [0.25, 0.3) is 0 Å². The summed E-state index contributed by atoms with van der Waals surface area (Å²) in [5.41, 5.74) is 0.944. The Labute approximate surface area is 111 Å². The summed E-state index contributed by atoms with van der Waals surface area (Å²) in [5.74, 6) is 0.662. The third-order valence-electron chi connectivity index (χ3n) is 2.70. The van der Waals surface area contributed by atoms with E-state index in [1.165, 1.54) is 0 Å². The summed E-state index contributed by atoms with van der Waals surface area (Å²) in [6.07, 6.45) is 7.54. The number of aryl methyl sites for hydroxylation is 2. The molecule has 6 heteroatoms. The molecular formula is C13H17N4O2+. The van der Waals surface area contributed by atoms with Crippen LogP contribution in [-0.4, -0.2) is 27.2 Å². The van der Waals surface area contributed by atoms with Crippen LogP contribution in [0, 0.1) is 0 Å². The molecule has 0 aromatic carbocycles. The molecule has 0 radical (unpaired) electrons. The molecule has 100 valence electrons. The minimum absolute atomic E-state index is 0.204. The molecule has 2 heterocycles. The molecule has 0 unspecified atom stereocenters. The van der Waals surface area contributed by atoms with Crippen LogP contribution in [0.2, 0.25) is 0 Å². The number of nitrogens with zero attached hydrogens (tertiary/aromatic N) is 4. The Bertz CT molecular complexity index is 548. The van der Waals surface area contributed by atoms with Crippen LogP contribution < -0.4 is 4.68 Å². The van der Waals surface area contributed by atoms with Crippen LogP contribution in [0.4, 0.5) is 0 Å². The first-order valence-electron chi connectivity index (χ1n) is 6.20. The van der Waals surface area contributed by atoms with E-state index in [0.717, 1.165) is 11.4 Å². The second-order valence-corrected chi connectivity index (χ2v) is 4.10. The van der Waals surface area contributed by atoms with E-state index < -0.39 is 0 Å². The van der Waals surface area contributed by atoms with E-state index in [4.69, 9.17) is 4.74 Å². The maximum Gasteiger partial charge on any atom is 0.312 e. The van der Waals surface area contributed by atoms with E-state index in [2.05, 4.69) is 10.1 Å². The highest BCUT2D eigenvalue weighted by atomic mass is 16.5. The molecule has 2 aromatic rings. The van der Waals surface area contributed by atoms with Gasteiger partial charge in [0.2, 0.25) is 0 Å². The van der Waals surface area contributed by atoms with Gasteiger partial charge in [-0.1, -0.05) is 4.68 Å². The lowest BCUT2D eigenvalue weighted by Gasteiger charge is -2.00. The fourth-order valence-corrected chi connectivity index (χ4v) is 1.73. The van der Waals surface area contributed by atoms with Crippen molar-refractivity contribution in [1.29, 1.82) is 0 Å². The van der Waals surface area contributed by atoms with Gasteiger partial charge in [-0.25, -0.2) is 4.98 Å². The van der Waals surface area contributed by atoms with E-state index in [-0.39, 0.29) is 5.97 Å². The first-order valence-corrected chi connectivity index (χ1v) is 6.20. The first-order chi connectivity index (χ1) is 9.20. The standard InChI is InChI=1S/C13H17N4O2/c1-3-19-12(18)5-8-17-7-4-11(10-15-17)13-14-6-9-16(13)2/h4,6-7,9-10H,3,5,8H2,1-2H3/q+1. The van der Waals surface area contributed by atoms with Crippen LogP contribution in [0.5, 0.6) is 0 Å². The van der Waals surface area contributed by atoms with Crippen LogP contribution in [0.15, 0.2) is 30.9 Å².